The van der Waals surface area contributed by atoms with Crippen LogP contribution in [-0.2, 0) is 28.0 Å². The summed E-state index contributed by atoms with van der Waals surface area (Å²) in [4.78, 5) is 0. The molecule has 3 aromatic carbocycles. The zero-order chi connectivity index (χ0) is 22.9. The van der Waals surface area contributed by atoms with Gasteiger partial charge in [-0.25, -0.2) is 12.4 Å². The zero-order valence-electron chi connectivity index (χ0n) is 18.8. The Balaban J connectivity index is 1.56. The van der Waals surface area contributed by atoms with Gasteiger partial charge in [0.15, 0.2) is 0 Å². The minimum atomic E-state index is -3.46. The lowest BCUT2D eigenvalue weighted by molar-refractivity contribution is 0.105. The summed E-state index contributed by atoms with van der Waals surface area (Å²) < 4.78 is 32.3. The van der Waals surface area contributed by atoms with Gasteiger partial charge in [-0.1, -0.05) is 42.0 Å². The van der Waals surface area contributed by atoms with E-state index in [1.807, 2.05) is 61.5 Å². The summed E-state index contributed by atoms with van der Waals surface area (Å²) in [6.45, 7) is 6.74. The summed E-state index contributed by atoms with van der Waals surface area (Å²) in [5, 5.41) is 4.41. The van der Waals surface area contributed by atoms with Crippen LogP contribution in [0.3, 0.4) is 0 Å². The lowest BCUT2D eigenvalue weighted by Crippen LogP contribution is -2.14. The molecule has 0 amide bonds. The second-order valence-corrected chi connectivity index (χ2v) is 10.1. The van der Waals surface area contributed by atoms with Gasteiger partial charge in [0.2, 0.25) is 10.0 Å². The molecule has 32 heavy (non-hydrogen) atoms. The molecule has 0 atom stereocenters. The lowest BCUT2D eigenvalue weighted by Gasteiger charge is -2.15. The van der Waals surface area contributed by atoms with Gasteiger partial charge in [0, 0.05) is 22.3 Å². The molecule has 0 aliphatic heterocycles. The van der Waals surface area contributed by atoms with Gasteiger partial charge in [0.25, 0.3) is 0 Å². The van der Waals surface area contributed by atoms with E-state index in [-0.39, 0.29) is 6.61 Å². The quantitative estimate of drug-likeness (QED) is 0.386. The molecule has 4 aromatic rings. The highest BCUT2D eigenvalue weighted by molar-refractivity contribution is 7.89. The Morgan fingerprint density at radius 3 is 2.41 bits per heavy atom. The maximum atomic E-state index is 12.5. The molecule has 0 aliphatic carbocycles. The topological polar surface area (TPSA) is 60.3 Å². The zero-order valence-corrected chi connectivity index (χ0v) is 19.7. The number of nitrogens with zero attached hydrogens (tertiary/aromatic N) is 1. The summed E-state index contributed by atoms with van der Waals surface area (Å²) in [5.74, 6) is 0. The molecular weight excluding hydrogens is 420 g/mol. The Morgan fingerprint density at radius 2 is 1.62 bits per heavy atom. The van der Waals surface area contributed by atoms with Crippen molar-refractivity contribution in [2.75, 3.05) is 11.6 Å². The lowest BCUT2D eigenvalue weighted by atomic mass is 10.1. The fourth-order valence-corrected chi connectivity index (χ4v) is 4.98. The first-order chi connectivity index (χ1) is 15.2. The Kier molecular flexibility index (Phi) is 6.09. The molecule has 1 aromatic heterocycles. The number of rotatable bonds is 7. The standard InChI is InChI=1S/C26H28N2O3S/c1-18-12-13-26-22(14-18)15-23(28(26)32(4,29)30)17-31-16-21-9-5-6-10-25(21)27-24-11-7-8-19(2)20(24)3/h5-15,27H,16-17H2,1-4H3. The smallest absolute Gasteiger partial charge is 0.236 e. The molecule has 0 spiro atoms. The van der Waals surface area contributed by atoms with Crippen LogP contribution in [0.2, 0.25) is 0 Å². The van der Waals surface area contributed by atoms with Crippen molar-refractivity contribution in [3.05, 3.63) is 94.7 Å². The number of benzene rings is 3. The summed E-state index contributed by atoms with van der Waals surface area (Å²) in [6.07, 6.45) is 1.22. The van der Waals surface area contributed by atoms with Gasteiger partial charge in [0.1, 0.15) is 0 Å². The first kappa shape index (κ1) is 22.1. The van der Waals surface area contributed by atoms with Crippen LogP contribution in [-0.4, -0.2) is 18.6 Å². The second-order valence-electron chi connectivity index (χ2n) is 8.25. The Bertz CT molecular complexity index is 1390. The van der Waals surface area contributed by atoms with Crippen molar-refractivity contribution in [1.29, 1.82) is 0 Å². The Labute approximate surface area is 189 Å². The van der Waals surface area contributed by atoms with Crippen LogP contribution in [0.4, 0.5) is 11.4 Å². The van der Waals surface area contributed by atoms with Gasteiger partial charge < -0.3 is 10.1 Å². The van der Waals surface area contributed by atoms with Crippen LogP contribution in [0.25, 0.3) is 10.9 Å². The number of nitrogens with one attached hydrogen (secondary N) is 1. The first-order valence-corrected chi connectivity index (χ1v) is 12.4. The highest BCUT2D eigenvalue weighted by atomic mass is 32.2. The third kappa shape index (κ3) is 4.56. The molecule has 0 saturated carbocycles. The maximum absolute atomic E-state index is 12.5. The number of aryl methyl sites for hydroxylation is 2. The van der Waals surface area contributed by atoms with Gasteiger partial charge >= 0.3 is 0 Å². The van der Waals surface area contributed by atoms with Crippen LogP contribution >= 0.6 is 0 Å². The predicted molar refractivity (Wildman–Crippen MR) is 131 cm³/mol. The first-order valence-electron chi connectivity index (χ1n) is 10.5. The van der Waals surface area contributed by atoms with E-state index < -0.39 is 10.0 Å². The van der Waals surface area contributed by atoms with E-state index in [1.165, 1.54) is 21.4 Å². The van der Waals surface area contributed by atoms with Gasteiger partial charge in [0.05, 0.1) is 30.7 Å². The van der Waals surface area contributed by atoms with E-state index in [0.29, 0.717) is 17.8 Å². The minimum Gasteiger partial charge on any atom is -0.370 e. The van der Waals surface area contributed by atoms with Crippen LogP contribution in [0.5, 0.6) is 0 Å². The third-order valence-electron chi connectivity index (χ3n) is 5.72. The van der Waals surface area contributed by atoms with Crippen molar-refractivity contribution in [2.45, 2.75) is 34.0 Å². The largest absolute Gasteiger partial charge is 0.370 e. The second kappa shape index (κ2) is 8.81. The molecule has 0 radical (unpaired) electrons. The molecule has 5 nitrogen and oxygen atoms in total. The van der Waals surface area contributed by atoms with Crippen LogP contribution in [0.1, 0.15) is 27.9 Å². The highest BCUT2D eigenvalue weighted by Gasteiger charge is 2.17. The molecule has 0 bridgehead atoms. The van der Waals surface area contributed by atoms with Gasteiger partial charge in [-0.3, -0.25) is 0 Å². The van der Waals surface area contributed by atoms with Crippen molar-refractivity contribution in [3.63, 3.8) is 0 Å². The van der Waals surface area contributed by atoms with E-state index in [2.05, 4.69) is 31.3 Å². The van der Waals surface area contributed by atoms with Crippen molar-refractivity contribution in [2.24, 2.45) is 0 Å². The monoisotopic (exact) mass is 448 g/mol. The maximum Gasteiger partial charge on any atom is 0.236 e. The molecule has 1 N–H and O–H groups in total. The molecule has 1 heterocycles. The summed E-state index contributed by atoms with van der Waals surface area (Å²) in [7, 11) is -3.46. The average Bonchev–Trinajstić information content (AvgIpc) is 3.10. The molecule has 6 heteroatoms. The molecule has 0 saturated heterocycles. The SMILES string of the molecule is Cc1ccc2c(c1)cc(COCc1ccccc1Nc1cccc(C)c1C)n2S(C)(=O)=O. The van der Waals surface area contributed by atoms with Gasteiger partial charge in [-0.15, -0.1) is 0 Å². The van der Waals surface area contributed by atoms with Crippen LogP contribution < -0.4 is 5.32 Å². The number of ether oxygens (including phenoxy) is 1. The predicted octanol–water partition coefficient (Wildman–Crippen LogP) is 5.83. The summed E-state index contributed by atoms with van der Waals surface area (Å²) in [5.41, 5.74) is 7.85. The van der Waals surface area contributed by atoms with Crippen LogP contribution in [0.15, 0.2) is 66.7 Å². The molecular formula is C26H28N2O3S. The van der Waals surface area contributed by atoms with Crippen molar-refractivity contribution < 1.29 is 13.2 Å². The molecule has 0 fully saturated rings. The van der Waals surface area contributed by atoms with Gasteiger partial charge in [-0.05, 0) is 62.2 Å². The molecule has 0 aliphatic rings. The minimum absolute atomic E-state index is 0.193. The van der Waals surface area contributed by atoms with E-state index in [0.717, 1.165) is 27.9 Å². The Hall–Kier alpha value is -3.09. The highest BCUT2D eigenvalue weighted by Crippen LogP contribution is 2.27. The van der Waals surface area contributed by atoms with E-state index >= 15 is 0 Å². The molecule has 4 rings (SSSR count). The summed E-state index contributed by atoms with van der Waals surface area (Å²) >= 11 is 0. The van der Waals surface area contributed by atoms with Gasteiger partial charge in [-0.2, -0.15) is 0 Å². The third-order valence-corrected chi connectivity index (χ3v) is 6.81. The Morgan fingerprint density at radius 1 is 0.875 bits per heavy atom. The number of fused-ring (bicyclic) bond motifs is 1. The van der Waals surface area contributed by atoms with Crippen molar-refractivity contribution >= 4 is 32.3 Å². The number of anilines is 2. The number of hydrogen-bond donors (Lipinski definition) is 1. The number of aromatic nitrogens is 1. The van der Waals surface area contributed by atoms with Crippen molar-refractivity contribution in [3.8, 4) is 0 Å². The normalized spacial score (nSPS) is 11.8. The fourth-order valence-electron chi connectivity index (χ4n) is 3.92. The van der Waals surface area contributed by atoms with Crippen molar-refractivity contribution in [1.82, 2.24) is 3.97 Å². The summed E-state index contributed by atoms with van der Waals surface area (Å²) in [6, 6.07) is 21.8. The molecule has 0 unspecified atom stereocenters. The fraction of sp³-hybridized carbons (Fsp3) is 0.231. The van der Waals surface area contributed by atoms with E-state index in [4.69, 9.17) is 4.74 Å². The number of para-hydroxylation sites is 1. The average molecular weight is 449 g/mol. The van der Waals surface area contributed by atoms with E-state index in [1.54, 1.807) is 0 Å². The van der Waals surface area contributed by atoms with Crippen LogP contribution in [0, 0.1) is 20.8 Å². The number of hydrogen-bond acceptors (Lipinski definition) is 4. The molecule has 166 valence electrons. The van der Waals surface area contributed by atoms with E-state index in [9.17, 15) is 8.42 Å².